The molecule has 2 aromatic carbocycles. The van der Waals surface area contributed by atoms with Crippen LogP contribution < -0.4 is 0 Å². The van der Waals surface area contributed by atoms with E-state index >= 15 is 0 Å². The van der Waals surface area contributed by atoms with Gasteiger partial charge >= 0.3 is 0 Å². The van der Waals surface area contributed by atoms with Crippen molar-refractivity contribution >= 4 is 5.78 Å². The van der Waals surface area contributed by atoms with Gasteiger partial charge in [0.2, 0.25) is 0 Å². The number of benzene rings is 2. The van der Waals surface area contributed by atoms with E-state index in [-0.39, 0.29) is 12.2 Å². The Morgan fingerprint density at radius 3 is 2.14 bits per heavy atom. The predicted molar refractivity (Wildman–Crippen MR) is 111 cm³/mol. The topological polar surface area (TPSA) is 104 Å². The molecule has 0 saturated heterocycles. The van der Waals surface area contributed by atoms with E-state index in [0.29, 0.717) is 11.1 Å². The van der Waals surface area contributed by atoms with Crippen molar-refractivity contribution in [2.75, 3.05) is 0 Å². The van der Waals surface area contributed by atoms with Crippen molar-refractivity contribution in [1.82, 2.24) is 4.98 Å². The highest BCUT2D eigenvalue weighted by molar-refractivity contribution is 5.97. The van der Waals surface area contributed by atoms with Crippen LogP contribution in [0.2, 0.25) is 0 Å². The summed E-state index contributed by atoms with van der Waals surface area (Å²) in [6, 6.07) is 22.8. The molecule has 0 aliphatic heterocycles. The summed E-state index contributed by atoms with van der Waals surface area (Å²) in [5, 5.41) is 25.8. The number of H-pyrrole nitrogens is 1. The van der Waals surface area contributed by atoms with Crippen LogP contribution in [0.5, 0.6) is 0 Å². The van der Waals surface area contributed by atoms with Crippen LogP contribution in [0.3, 0.4) is 0 Å². The van der Waals surface area contributed by atoms with E-state index in [1.807, 2.05) is 43.3 Å². The second-order valence-corrected chi connectivity index (χ2v) is 6.48. The van der Waals surface area contributed by atoms with Gasteiger partial charge in [-0.25, -0.2) is 0 Å². The van der Waals surface area contributed by atoms with Gasteiger partial charge in [-0.2, -0.15) is 15.8 Å². The number of hydrogen-bond acceptors (Lipinski definition) is 4. The van der Waals surface area contributed by atoms with Crippen LogP contribution in [-0.4, -0.2) is 10.8 Å². The smallest absolute Gasteiger partial charge is 0.165 e. The highest BCUT2D eigenvalue weighted by Gasteiger charge is 2.15. The number of aromatic nitrogens is 1. The highest BCUT2D eigenvalue weighted by Crippen LogP contribution is 2.22. The molecule has 0 aliphatic rings. The highest BCUT2D eigenvalue weighted by atomic mass is 16.1. The third-order valence-corrected chi connectivity index (χ3v) is 4.39. The number of rotatable bonds is 4. The van der Waals surface area contributed by atoms with Crippen molar-refractivity contribution in [3.63, 3.8) is 0 Å². The van der Waals surface area contributed by atoms with Crippen LogP contribution in [0.15, 0.2) is 60.8 Å². The minimum atomic E-state index is -0.850. The van der Waals surface area contributed by atoms with Gasteiger partial charge in [0.1, 0.15) is 12.0 Å². The molecule has 5 heteroatoms. The van der Waals surface area contributed by atoms with Gasteiger partial charge in [0.25, 0.3) is 0 Å². The maximum Gasteiger partial charge on any atom is 0.165 e. The van der Waals surface area contributed by atoms with Gasteiger partial charge < -0.3 is 4.98 Å². The van der Waals surface area contributed by atoms with Crippen molar-refractivity contribution in [3.8, 4) is 29.5 Å². The number of aromatic amines is 1. The van der Waals surface area contributed by atoms with Gasteiger partial charge in [-0.1, -0.05) is 48.5 Å². The fraction of sp³-hybridized carbons (Fsp3) is 0.167. The van der Waals surface area contributed by atoms with Gasteiger partial charge in [-0.3, -0.25) is 4.79 Å². The number of aryl methyl sites for hydroxylation is 2. The first-order valence-corrected chi connectivity index (χ1v) is 9.02. The standard InChI is InChI=1S/C12H10N2O.C12H10N2/c1-9-4-2-3-5-11(9)12(15)6-10(7-13)8-14;1-9-4-2-3-5-11(9)12-6-10(7-13)8-14-12/h2-5,10H,6H2,1H3;2-6,8,14H,1H3. The normalized spacial score (nSPS) is 9.52. The SMILES string of the molecule is Cc1ccccc1-c1cc(C#N)c[nH]1.Cc1ccccc1C(=O)CC(C#N)C#N. The number of carbonyl (C=O) groups excluding carboxylic acids is 1. The first-order chi connectivity index (χ1) is 14.0. The van der Waals surface area contributed by atoms with Crippen molar-refractivity contribution < 1.29 is 4.79 Å². The lowest BCUT2D eigenvalue weighted by Crippen LogP contribution is -2.07. The van der Waals surface area contributed by atoms with E-state index in [4.69, 9.17) is 15.8 Å². The van der Waals surface area contributed by atoms with E-state index in [9.17, 15) is 4.79 Å². The maximum absolute atomic E-state index is 11.7. The number of nitriles is 3. The molecule has 5 nitrogen and oxygen atoms in total. The molecule has 29 heavy (non-hydrogen) atoms. The van der Waals surface area contributed by atoms with Crippen molar-refractivity contribution in [2.45, 2.75) is 20.3 Å². The Labute approximate surface area is 170 Å². The molecule has 0 aliphatic carbocycles. The first-order valence-electron chi connectivity index (χ1n) is 9.02. The zero-order valence-corrected chi connectivity index (χ0v) is 16.3. The number of hydrogen-bond donors (Lipinski definition) is 1. The Balaban J connectivity index is 0.000000207. The molecule has 3 rings (SSSR count). The van der Waals surface area contributed by atoms with Gasteiger partial charge in [0.15, 0.2) is 5.78 Å². The summed E-state index contributed by atoms with van der Waals surface area (Å²) in [6.07, 6.45) is 1.69. The molecule has 0 unspecified atom stereocenters. The molecule has 142 valence electrons. The average molecular weight is 380 g/mol. The maximum atomic E-state index is 11.7. The number of nitrogens with one attached hydrogen (secondary N) is 1. The molecular formula is C24H20N4O. The Morgan fingerprint density at radius 2 is 1.59 bits per heavy atom. The fourth-order valence-corrected chi connectivity index (χ4v) is 2.79. The average Bonchev–Trinajstić information content (AvgIpc) is 3.22. The molecule has 0 amide bonds. The van der Waals surface area contributed by atoms with Crippen LogP contribution in [-0.2, 0) is 0 Å². The lowest BCUT2D eigenvalue weighted by atomic mass is 9.97. The zero-order chi connectivity index (χ0) is 21.2. The number of carbonyl (C=O) groups is 1. The van der Waals surface area contributed by atoms with Gasteiger partial charge in [0, 0.05) is 29.4 Å². The monoisotopic (exact) mass is 380 g/mol. The molecule has 0 bridgehead atoms. The predicted octanol–water partition coefficient (Wildman–Crippen LogP) is 5.09. The summed E-state index contributed by atoms with van der Waals surface area (Å²) in [5.41, 5.74) is 5.49. The second kappa shape index (κ2) is 10.3. The van der Waals surface area contributed by atoms with E-state index in [2.05, 4.69) is 24.0 Å². The minimum absolute atomic E-state index is 0.0299. The summed E-state index contributed by atoms with van der Waals surface area (Å²) in [7, 11) is 0. The van der Waals surface area contributed by atoms with Gasteiger partial charge in [-0.05, 0) is 31.0 Å². The van der Waals surface area contributed by atoms with Crippen LogP contribution in [0.25, 0.3) is 11.3 Å². The van der Waals surface area contributed by atoms with Gasteiger partial charge in [0.05, 0.1) is 17.7 Å². The summed E-state index contributed by atoms with van der Waals surface area (Å²) < 4.78 is 0. The molecule has 0 saturated carbocycles. The zero-order valence-electron chi connectivity index (χ0n) is 16.3. The van der Waals surface area contributed by atoms with Crippen molar-refractivity contribution in [3.05, 3.63) is 83.0 Å². The largest absolute Gasteiger partial charge is 0.360 e. The molecule has 0 spiro atoms. The molecule has 0 fully saturated rings. The Kier molecular flexibility index (Phi) is 7.49. The summed E-state index contributed by atoms with van der Waals surface area (Å²) in [5.74, 6) is -1.00. The summed E-state index contributed by atoms with van der Waals surface area (Å²) in [6.45, 7) is 3.89. The Hall–Kier alpha value is -4.14. The minimum Gasteiger partial charge on any atom is -0.360 e. The Morgan fingerprint density at radius 1 is 0.966 bits per heavy atom. The molecule has 3 aromatic rings. The number of ketones is 1. The first kappa shape index (κ1) is 21.2. The summed E-state index contributed by atoms with van der Waals surface area (Å²) >= 11 is 0. The van der Waals surface area contributed by atoms with Crippen LogP contribution in [0.1, 0.15) is 33.5 Å². The van der Waals surface area contributed by atoms with Crippen molar-refractivity contribution in [1.29, 1.82) is 15.8 Å². The number of nitrogens with zero attached hydrogens (tertiary/aromatic N) is 3. The van der Waals surface area contributed by atoms with E-state index in [1.54, 1.807) is 30.5 Å². The summed E-state index contributed by atoms with van der Waals surface area (Å²) in [4.78, 5) is 14.8. The number of Topliss-reactive ketones (excluding diaryl/α,β-unsaturated/α-hetero) is 1. The van der Waals surface area contributed by atoms with Crippen molar-refractivity contribution in [2.24, 2.45) is 5.92 Å². The second-order valence-electron chi connectivity index (χ2n) is 6.48. The van der Waals surface area contributed by atoms with Crippen LogP contribution in [0.4, 0.5) is 0 Å². The van der Waals surface area contributed by atoms with E-state index in [1.165, 1.54) is 5.56 Å². The van der Waals surface area contributed by atoms with Crippen LogP contribution in [0, 0.1) is 53.8 Å². The Bertz CT molecular complexity index is 1110. The molecular weight excluding hydrogens is 360 g/mol. The quantitative estimate of drug-likeness (QED) is 0.636. The lowest BCUT2D eigenvalue weighted by Gasteiger charge is -2.03. The molecule has 0 radical (unpaired) electrons. The van der Waals surface area contributed by atoms with E-state index in [0.717, 1.165) is 16.8 Å². The third kappa shape index (κ3) is 5.67. The van der Waals surface area contributed by atoms with E-state index < -0.39 is 5.92 Å². The molecule has 1 N–H and O–H groups in total. The third-order valence-electron chi connectivity index (χ3n) is 4.39. The fourth-order valence-electron chi connectivity index (χ4n) is 2.79. The van der Waals surface area contributed by atoms with Gasteiger partial charge in [-0.15, -0.1) is 0 Å². The molecule has 0 atom stereocenters. The van der Waals surface area contributed by atoms with Crippen LogP contribution >= 0.6 is 0 Å². The molecule has 1 heterocycles. The lowest BCUT2D eigenvalue weighted by molar-refractivity contribution is 0.0976. The molecule has 1 aromatic heterocycles.